The van der Waals surface area contributed by atoms with Gasteiger partial charge in [0.1, 0.15) is 18.8 Å². The molecule has 10 nitrogen and oxygen atoms in total. The van der Waals surface area contributed by atoms with Crippen molar-refractivity contribution in [3.63, 3.8) is 0 Å². The van der Waals surface area contributed by atoms with Crippen molar-refractivity contribution in [3.05, 3.63) is 91.3 Å². The van der Waals surface area contributed by atoms with Crippen LogP contribution >= 0.6 is 0 Å². The molecule has 39 heavy (non-hydrogen) atoms. The first-order valence-corrected chi connectivity index (χ1v) is 12.2. The summed E-state index contributed by atoms with van der Waals surface area (Å²) in [5.74, 6) is -1.68. The van der Waals surface area contributed by atoms with E-state index in [9.17, 15) is 24.0 Å². The van der Waals surface area contributed by atoms with Crippen LogP contribution in [0.25, 0.3) is 0 Å². The molecule has 0 fully saturated rings. The van der Waals surface area contributed by atoms with Gasteiger partial charge in [-0.05, 0) is 66.2 Å². The first kappa shape index (κ1) is 30.8. The molecule has 3 rings (SSSR count). The Hall–Kier alpha value is -4.47. The number of ether oxygens (including phenoxy) is 2. The SMILES string of the molecule is CC(=O)c1cc(C)[nH]c(=O)c1O.CC(=O)c1cc(C)n(CC(=O)OC(C)(C)C)c(=O)c1OCc1ccccc1. The van der Waals surface area contributed by atoms with Gasteiger partial charge in [0.25, 0.3) is 11.1 Å². The van der Waals surface area contributed by atoms with E-state index in [1.165, 1.54) is 24.5 Å². The number of benzene rings is 1. The van der Waals surface area contributed by atoms with Crippen molar-refractivity contribution in [2.45, 2.75) is 67.2 Å². The number of ketones is 2. The molecule has 0 aliphatic carbocycles. The van der Waals surface area contributed by atoms with E-state index in [0.29, 0.717) is 11.4 Å². The quantitative estimate of drug-likeness (QED) is 0.341. The summed E-state index contributed by atoms with van der Waals surface area (Å²) in [6.45, 7) is 11.2. The van der Waals surface area contributed by atoms with Gasteiger partial charge in [-0.1, -0.05) is 30.3 Å². The predicted molar refractivity (Wildman–Crippen MR) is 146 cm³/mol. The van der Waals surface area contributed by atoms with Crippen LogP contribution in [0.2, 0.25) is 0 Å². The molecule has 10 heteroatoms. The van der Waals surface area contributed by atoms with Crippen molar-refractivity contribution in [2.75, 3.05) is 0 Å². The number of esters is 1. The summed E-state index contributed by atoms with van der Waals surface area (Å²) < 4.78 is 12.2. The third-order valence-electron chi connectivity index (χ3n) is 5.30. The van der Waals surface area contributed by atoms with E-state index in [1.807, 2.05) is 30.3 Å². The van der Waals surface area contributed by atoms with Gasteiger partial charge in [0.2, 0.25) is 0 Å². The summed E-state index contributed by atoms with van der Waals surface area (Å²) in [7, 11) is 0. The Morgan fingerprint density at radius 3 is 2.08 bits per heavy atom. The Labute approximate surface area is 226 Å². The fourth-order valence-corrected chi connectivity index (χ4v) is 3.53. The van der Waals surface area contributed by atoms with Crippen molar-refractivity contribution >= 4 is 17.5 Å². The highest BCUT2D eigenvalue weighted by atomic mass is 16.6. The van der Waals surface area contributed by atoms with Crippen LogP contribution in [0.1, 0.15) is 72.3 Å². The van der Waals surface area contributed by atoms with Gasteiger partial charge in [-0.15, -0.1) is 0 Å². The zero-order chi connectivity index (χ0) is 29.5. The van der Waals surface area contributed by atoms with Gasteiger partial charge in [-0.3, -0.25) is 28.5 Å². The van der Waals surface area contributed by atoms with E-state index < -0.39 is 28.4 Å². The maximum Gasteiger partial charge on any atom is 0.326 e. The lowest BCUT2D eigenvalue weighted by Gasteiger charge is -2.21. The second-order valence-corrected chi connectivity index (χ2v) is 9.94. The molecule has 0 aliphatic heterocycles. The van der Waals surface area contributed by atoms with Gasteiger partial charge in [0.15, 0.2) is 23.1 Å². The highest BCUT2D eigenvalue weighted by molar-refractivity contribution is 5.97. The standard InChI is InChI=1S/C21H25NO5.C8H9NO3/c1-14-11-17(15(2)23)19(26-13-16-9-7-6-8-10-16)20(25)22(14)12-18(24)27-21(3,4)5;1-4-3-6(5(2)10)7(11)8(12)9-4/h6-11H,12-13H2,1-5H3;3,11H,1-2H3,(H,9,12). The zero-order valence-corrected chi connectivity index (χ0v) is 23.2. The van der Waals surface area contributed by atoms with E-state index in [-0.39, 0.29) is 41.6 Å². The number of aryl methyl sites for hydroxylation is 2. The minimum absolute atomic E-state index is 0.0551. The first-order chi connectivity index (χ1) is 18.1. The molecular weight excluding hydrogens is 504 g/mol. The molecule has 0 bridgehead atoms. The fraction of sp³-hybridized carbons (Fsp3) is 0.345. The molecule has 0 radical (unpaired) electrons. The van der Waals surface area contributed by atoms with E-state index in [2.05, 4.69) is 4.98 Å². The van der Waals surface area contributed by atoms with Crippen LogP contribution in [0.5, 0.6) is 11.5 Å². The zero-order valence-electron chi connectivity index (χ0n) is 23.2. The van der Waals surface area contributed by atoms with Crippen LogP contribution in [0, 0.1) is 13.8 Å². The van der Waals surface area contributed by atoms with E-state index in [0.717, 1.165) is 5.56 Å². The van der Waals surface area contributed by atoms with Crippen LogP contribution in [0.3, 0.4) is 0 Å². The Balaban J connectivity index is 0.000000370. The Kier molecular flexibility index (Phi) is 10.1. The number of carbonyl (C=O) groups is 3. The summed E-state index contributed by atoms with van der Waals surface area (Å²) in [4.78, 5) is 61.2. The maximum absolute atomic E-state index is 12.9. The normalized spacial score (nSPS) is 10.7. The van der Waals surface area contributed by atoms with Gasteiger partial charge < -0.3 is 19.6 Å². The van der Waals surface area contributed by atoms with Crippen LogP contribution in [0.15, 0.2) is 52.1 Å². The molecule has 2 heterocycles. The monoisotopic (exact) mass is 538 g/mol. The average Bonchev–Trinajstić information content (AvgIpc) is 2.83. The largest absolute Gasteiger partial charge is 0.503 e. The fourth-order valence-electron chi connectivity index (χ4n) is 3.53. The lowest BCUT2D eigenvalue weighted by molar-refractivity contribution is -0.155. The van der Waals surface area contributed by atoms with Crippen molar-refractivity contribution in [2.24, 2.45) is 0 Å². The number of carbonyl (C=O) groups excluding carboxylic acids is 3. The lowest BCUT2D eigenvalue weighted by Crippen LogP contribution is -2.32. The van der Waals surface area contributed by atoms with E-state index in [4.69, 9.17) is 14.6 Å². The van der Waals surface area contributed by atoms with Crippen molar-refractivity contribution in [1.82, 2.24) is 9.55 Å². The number of aromatic hydroxyl groups is 1. The molecule has 2 N–H and O–H groups in total. The molecule has 0 atom stereocenters. The third kappa shape index (κ3) is 8.80. The van der Waals surface area contributed by atoms with Crippen LogP contribution in [0.4, 0.5) is 0 Å². The van der Waals surface area contributed by atoms with Gasteiger partial charge in [0.05, 0.1) is 11.1 Å². The number of rotatable bonds is 7. The number of hydrogen-bond donors (Lipinski definition) is 2. The molecule has 0 aliphatic rings. The number of nitrogens with zero attached hydrogens (tertiary/aromatic N) is 1. The maximum atomic E-state index is 12.9. The van der Waals surface area contributed by atoms with Gasteiger partial charge in [-0.2, -0.15) is 0 Å². The summed E-state index contributed by atoms with van der Waals surface area (Å²) in [5, 5.41) is 9.13. The highest BCUT2D eigenvalue weighted by Gasteiger charge is 2.22. The summed E-state index contributed by atoms with van der Waals surface area (Å²) >= 11 is 0. The Bertz CT molecular complexity index is 1480. The molecule has 0 amide bonds. The van der Waals surface area contributed by atoms with Gasteiger partial charge in [-0.25, -0.2) is 0 Å². The number of pyridine rings is 2. The molecular formula is C29H34N2O8. The summed E-state index contributed by atoms with van der Waals surface area (Å²) in [5.41, 5.74) is 0.379. The Morgan fingerprint density at radius 2 is 1.54 bits per heavy atom. The molecule has 0 unspecified atom stereocenters. The molecule has 0 saturated carbocycles. The van der Waals surface area contributed by atoms with Crippen LogP contribution in [-0.4, -0.2) is 37.8 Å². The van der Waals surface area contributed by atoms with Crippen molar-refractivity contribution < 1.29 is 29.0 Å². The first-order valence-electron chi connectivity index (χ1n) is 12.2. The molecule has 2 aromatic heterocycles. The molecule has 3 aromatic rings. The second kappa shape index (κ2) is 12.9. The molecule has 0 spiro atoms. The summed E-state index contributed by atoms with van der Waals surface area (Å²) in [6, 6.07) is 12.3. The smallest absolute Gasteiger partial charge is 0.326 e. The lowest BCUT2D eigenvalue weighted by atomic mass is 10.1. The Morgan fingerprint density at radius 1 is 0.949 bits per heavy atom. The number of H-pyrrole nitrogens is 1. The second-order valence-electron chi connectivity index (χ2n) is 9.94. The number of aromatic amines is 1. The number of Topliss-reactive ketones (excluding diaryl/α,β-unsaturated/α-hetero) is 2. The van der Waals surface area contributed by atoms with Crippen molar-refractivity contribution in [3.8, 4) is 11.5 Å². The van der Waals surface area contributed by atoms with Crippen LogP contribution in [-0.2, 0) is 22.7 Å². The predicted octanol–water partition coefficient (Wildman–Crippen LogP) is 3.87. The van der Waals surface area contributed by atoms with Crippen molar-refractivity contribution in [1.29, 1.82) is 0 Å². The van der Waals surface area contributed by atoms with Crippen LogP contribution < -0.4 is 15.9 Å². The third-order valence-corrected chi connectivity index (χ3v) is 5.30. The number of aromatic nitrogens is 2. The minimum atomic E-state index is -0.652. The topological polar surface area (TPSA) is 145 Å². The van der Waals surface area contributed by atoms with E-state index in [1.54, 1.807) is 40.7 Å². The van der Waals surface area contributed by atoms with Gasteiger partial charge >= 0.3 is 5.97 Å². The molecule has 0 saturated heterocycles. The van der Waals surface area contributed by atoms with E-state index >= 15 is 0 Å². The average molecular weight is 539 g/mol. The summed E-state index contributed by atoms with van der Waals surface area (Å²) in [6.07, 6.45) is 0. The number of nitrogens with one attached hydrogen (secondary N) is 1. The minimum Gasteiger partial charge on any atom is -0.503 e. The number of hydrogen-bond acceptors (Lipinski definition) is 8. The molecule has 1 aromatic carbocycles. The van der Waals surface area contributed by atoms with Gasteiger partial charge in [0, 0.05) is 11.4 Å². The molecule has 208 valence electrons. The highest BCUT2D eigenvalue weighted by Crippen LogP contribution is 2.18.